The Morgan fingerprint density at radius 3 is 2.71 bits per heavy atom. The van der Waals surface area contributed by atoms with Crippen molar-refractivity contribution in [3.05, 3.63) is 0 Å². The van der Waals surface area contributed by atoms with Gasteiger partial charge in [0.2, 0.25) is 9.76 Å². The number of carbonyl (C=O) groups is 1. The van der Waals surface area contributed by atoms with E-state index in [0.717, 1.165) is 0 Å². The van der Waals surface area contributed by atoms with Gasteiger partial charge in [-0.15, -0.1) is 0 Å². The number of carbonyl (C=O) groups excluding carboxylic acids is 1. The third kappa shape index (κ3) is 3.88. The lowest BCUT2D eigenvalue weighted by Crippen LogP contribution is -2.06. The first-order valence-electron chi connectivity index (χ1n) is 2.07. The largest absolute Gasteiger partial charge is 0.525 e. The van der Waals surface area contributed by atoms with Crippen molar-refractivity contribution in [1.29, 1.82) is 0 Å². The number of thiol groups is 1. The summed E-state index contributed by atoms with van der Waals surface area (Å²) in [4.78, 5) is 10.1. The molecule has 0 aromatic heterocycles. The van der Waals surface area contributed by atoms with Crippen molar-refractivity contribution in [3.8, 4) is 0 Å². The smallest absolute Gasteiger partial charge is 0.301 e. The first-order chi connectivity index (χ1) is 3.31. The van der Waals surface area contributed by atoms with E-state index in [9.17, 15) is 4.79 Å². The summed E-state index contributed by atoms with van der Waals surface area (Å²) < 4.78 is 4.61. The molecule has 0 aromatic rings. The molecule has 0 radical (unpaired) electrons. The fraction of sp³-hybridized carbons (Fsp3) is 0.667. The summed E-state index contributed by atoms with van der Waals surface area (Å²) >= 11 is 3.70. The van der Waals surface area contributed by atoms with Gasteiger partial charge in [-0.05, 0) is 6.55 Å². The monoisotopic (exact) mass is 136 g/mol. The average Bonchev–Trinajstić information content (AvgIpc) is 1.68. The van der Waals surface area contributed by atoms with Crippen molar-refractivity contribution in [1.82, 2.24) is 0 Å². The maximum atomic E-state index is 10.1. The molecule has 0 N–H and O–H groups in total. The van der Waals surface area contributed by atoms with Crippen LogP contribution in [0.3, 0.4) is 0 Å². The van der Waals surface area contributed by atoms with E-state index in [0.29, 0.717) is 0 Å². The number of hydrogen-bond acceptors (Lipinski definition) is 3. The van der Waals surface area contributed by atoms with Gasteiger partial charge in [-0.25, -0.2) is 0 Å². The summed E-state index contributed by atoms with van der Waals surface area (Å²) in [7, 11) is -0.543. The highest BCUT2D eigenvalue weighted by Crippen LogP contribution is 1.77. The molecule has 0 saturated carbocycles. The van der Waals surface area contributed by atoms with Crippen molar-refractivity contribution < 1.29 is 9.22 Å². The molecule has 0 amide bonds. The molecule has 0 aliphatic heterocycles. The SMILES string of the molecule is C[SiH2]OC(=O)CS. The summed E-state index contributed by atoms with van der Waals surface area (Å²) in [5, 5.41) is 0. The van der Waals surface area contributed by atoms with E-state index in [4.69, 9.17) is 0 Å². The van der Waals surface area contributed by atoms with Gasteiger partial charge in [0.1, 0.15) is 0 Å². The number of rotatable bonds is 2. The van der Waals surface area contributed by atoms with Gasteiger partial charge in [-0.1, -0.05) is 0 Å². The maximum Gasteiger partial charge on any atom is 0.301 e. The van der Waals surface area contributed by atoms with Crippen LogP contribution in [-0.4, -0.2) is 21.5 Å². The molecule has 0 saturated heterocycles. The van der Waals surface area contributed by atoms with Crippen LogP contribution in [-0.2, 0) is 9.22 Å². The molecule has 0 aliphatic rings. The van der Waals surface area contributed by atoms with E-state index >= 15 is 0 Å². The fourth-order valence-corrected chi connectivity index (χ4v) is 0.894. The molecule has 0 rings (SSSR count). The Morgan fingerprint density at radius 1 is 2.00 bits per heavy atom. The summed E-state index contributed by atoms with van der Waals surface area (Å²) in [6.45, 7) is 1.90. The van der Waals surface area contributed by atoms with E-state index in [1.165, 1.54) is 0 Å². The molecule has 0 unspecified atom stereocenters. The van der Waals surface area contributed by atoms with Crippen LogP contribution < -0.4 is 0 Å². The lowest BCUT2D eigenvalue weighted by Gasteiger charge is -1.94. The molecule has 0 bridgehead atoms. The minimum Gasteiger partial charge on any atom is -0.525 e. The Balaban J connectivity index is 3.00. The Morgan fingerprint density at radius 2 is 2.57 bits per heavy atom. The summed E-state index contributed by atoms with van der Waals surface area (Å²) in [6.07, 6.45) is 0. The molecular weight excluding hydrogens is 128 g/mol. The van der Waals surface area contributed by atoms with Crippen LogP contribution >= 0.6 is 12.6 Å². The minimum atomic E-state index is -0.543. The van der Waals surface area contributed by atoms with Crippen LogP contribution in [0, 0.1) is 0 Å². The zero-order valence-electron chi connectivity index (χ0n) is 4.18. The van der Waals surface area contributed by atoms with Crippen LogP contribution in [0.15, 0.2) is 0 Å². The van der Waals surface area contributed by atoms with Crippen LogP contribution in [0.5, 0.6) is 0 Å². The summed E-state index contributed by atoms with van der Waals surface area (Å²) in [6, 6.07) is 0. The minimum absolute atomic E-state index is 0.197. The van der Waals surface area contributed by atoms with E-state index in [1.54, 1.807) is 0 Å². The first-order valence-corrected chi connectivity index (χ1v) is 4.70. The van der Waals surface area contributed by atoms with Gasteiger partial charge in [0, 0.05) is 0 Å². The van der Waals surface area contributed by atoms with Crippen LogP contribution in [0.2, 0.25) is 6.55 Å². The molecule has 0 aromatic carbocycles. The zero-order valence-corrected chi connectivity index (χ0v) is 6.49. The van der Waals surface area contributed by atoms with E-state index in [1.807, 2.05) is 6.55 Å². The predicted molar refractivity (Wildman–Crippen MR) is 34.4 cm³/mol. The van der Waals surface area contributed by atoms with Crippen molar-refractivity contribution in [2.45, 2.75) is 6.55 Å². The van der Waals surface area contributed by atoms with Gasteiger partial charge in [-0.2, -0.15) is 12.6 Å². The summed E-state index contributed by atoms with van der Waals surface area (Å²) in [5.41, 5.74) is 0. The highest BCUT2D eigenvalue weighted by molar-refractivity contribution is 7.81. The topological polar surface area (TPSA) is 26.3 Å². The Kier molecular flexibility index (Phi) is 4.22. The van der Waals surface area contributed by atoms with Crippen LogP contribution in [0.25, 0.3) is 0 Å². The van der Waals surface area contributed by atoms with Crippen LogP contribution in [0.1, 0.15) is 0 Å². The third-order valence-electron chi connectivity index (χ3n) is 0.434. The second kappa shape index (κ2) is 4.20. The lowest BCUT2D eigenvalue weighted by molar-refractivity contribution is -0.131. The van der Waals surface area contributed by atoms with Crippen molar-refractivity contribution in [2.24, 2.45) is 0 Å². The van der Waals surface area contributed by atoms with Crippen molar-refractivity contribution >= 4 is 28.4 Å². The Bertz CT molecular complexity index is 66.0. The van der Waals surface area contributed by atoms with Gasteiger partial charge >= 0.3 is 5.97 Å². The average molecular weight is 136 g/mol. The van der Waals surface area contributed by atoms with E-state index < -0.39 is 9.76 Å². The molecule has 42 valence electrons. The van der Waals surface area contributed by atoms with Crippen LogP contribution in [0.4, 0.5) is 0 Å². The van der Waals surface area contributed by atoms with Gasteiger partial charge < -0.3 is 4.43 Å². The molecule has 0 heterocycles. The molecule has 7 heavy (non-hydrogen) atoms. The molecule has 0 spiro atoms. The van der Waals surface area contributed by atoms with E-state index in [2.05, 4.69) is 17.1 Å². The molecule has 0 fully saturated rings. The molecule has 4 heteroatoms. The standard InChI is InChI=1S/C3H8O2SSi/c1-7-5-3(4)2-6/h6H,2,7H2,1H3. The second-order valence-corrected chi connectivity index (χ2v) is 2.15. The van der Waals surface area contributed by atoms with Gasteiger partial charge in [-0.3, -0.25) is 4.79 Å². The molecule has 2 nitrogen and oxygen atoms in total. The van der Waals surface area contributed by atoms with Crippen molar-refractivity contribution in [2.75, 3.05) is 5.75 Å². The molecular formula is C3H8O2SSi. The predicted octanol–water partition coefficient (Wildman–Crippen LogP) is -0.409. The van der Waals surface area contributed by atoms with Gasteiger partial charge in [0.15, 0.2) is 0 Å². The highest BCUT2D eigenvalue weighted by atomic mass is 32.1. The lowest BCUT2D eigenvalue weighted by atomic mass is 10.8. The fourth-order valence-electron chi connectivity index (χ4n) is 0.207. The Labute approximate surface area is 50.6 Å². The van der Waals surface area contributed by atoms with Gasteiger partial charge in [0.25, 0.3) is 0 Å². The maximum absolute atomic E-state index is 10.1. The zero-order chi connectivity index (χ0) is 5.70. The molecule has 0 atom stereocenters. The first kappa shape index (κ1) is 7.04. The highest BCUT2D eigenvalue weighted by Gasteiger charge is 1.91. The Hall–Kier alpha value is 0.0369. The normalized spacial score (nSPS) is 10.0. The van der Waals surface area contributed by atoms with E-state index in [-0.39, 0.29) is 11.7 Å². The molecule has 0 aliphatic carbocycles. The third-order valence-corrected chi connectivity index (χ3v) is 1.30. The second-order valence-electron chi connectivity index (χ2n) is 0.963. The summed E-state index contributed by atoms with van der Waals surface area (Å²) in [5.74, 6) is 0.0124. The number of hydrogen-bond donors (Lipinski definition) is 1. The van der Waals surface area contributed by atoms with Gasteiger partial charge in [0.05, 0.1) is 5.75 Å². The quantitative estimate of drug-likeness (QED) is 0.412. The van der Waals surface area contributed by atoms with Crippen molar-refractivity contribution in [3.63, 3.8) is 0 Å².